The Balaban J connectivity index is 4.68. The van der Waals surface area contributed by atoms with Gasteiger partial charge in [-0.2, -0.15) is 0 Å². The van der Waals surface area contributed by atoms with Crippen molar-refractivity contribution in [2.45, 2.75) is 40.9 Å². The zero-order valence-corrected chi connectivity index (χ0v) is 9.65. The van der Waals surface area contributed by atoms with E-state index in [4.69, 9.17) is 0 Å². The highest BCUT2D eigenvalue weighted by Crippen LogP contribution is 2.13. The van der Waals surface area contributed by atoms with E-state index in [9.17, 15) is 0 Å². The third-order valence-corrected chi connectivity index (χ3v) is 2.14. The first-order valence-electron chi connectivity index (χ1n) is 5.15. The lowest BCUT2D eigenvalue weighted by atomic mass is 9.68. The zero-order chi connectivity index (χ0) is 10.3. The van der Waals surface area contributed by atoms with E-state index in [1.54, 1.807) is 0 Å². The summed E-state index contributed by atoms with van der Waals surface area (Å²) in [6, 6.07) is 0. The van der Waals surface area contributed by atoms with E-state index in [2.05, 4.69) is 52.7 Å². The van der Waals surface area contributed by atoms with Gasteiger partial charge >= 0.3 is 0 Å². The summed E-state index contributed by atoms with van der Waals surface area (Å²) in [6.45, 7) is 10.8. The Morgan fingerprint density at radius 3 is 2.15 bits per heavy atom. The second-order valence-electron chi connectivity index (χ2n) is 3.46. The van der Waals surface area contributed by atoms with Crippen LogP contribution >= 0.6 is 0 Å². The standard InChI is InChI=1S/C12H21B/c1-6-11(9-8-10(3)4)12(7-2)13-5/h7-9,13H,6H2,1-5H3/b11-9-,12-7+. The van der Waals surface area contributed by atoms with Crippen LogP contribution in [-0.2, 0) is 0 Å². The summed E-state index contributed by atoms with van der Waals surface area (Å²) in [5.41, 5.74) is 4.30. The van der Waals surface area contributed by atoms with Crippen LogP contribution in [-0.4, -0.2) is 7.28 Å². The Hall–Kier alpha value is -0.715. The molecular formula is C12H21B. The van der Waals surface area contributed by atoms with Crippen LogP contribution in [0.3, 0.4) is 0 Å². The molecule has 0 aromatic carbocycles. The maximum atomic E-state index is 2.24. The first-order chi connectivity index (χ1) is 6.15. The van der Waals surface area contributed by atoms with E-state index < -0.39 is 0 Å². The van der Waals surface area contributed by atoms with Gasteiger partial charge in [0.1, 0.15) is 0 Å². The van der Waals surface area contributed by atoms with Crippen LogP contribution in [0.5, 0.6) is 0 Å². The van der Waals surface area contributed by atoms with Gasteiger partial charge in [0.15, 0.2) is 7.28 Å². The summed E-state index contributed by atoms with van der Waals surface area (Å²) in [4.78, 5) is 0. The van der Waals surface area contributed by atoms with Crippen molar-refractivity contribution in [3.05, 3.63) is 34.8 Å². The second kappa shape index (κ2) is 6.76. The number of hydrogen-bond acceptors (Lipinski definition) is 0. The molecule has 0 aromatic rings. The molecule has 0 spiro atoms. The van der Waals surface area contributed by atoms with Gasteiger partial charge in [-0.1, -0.05) is 48.6 Å². The molecule has 0 nitrogen and oxygen atoms in total. The number of hydrogen-bond donors (Lipinski definition) is 0. The van der Waals surface area contributed by atoms with E-state index >= 15 is 0 Å². The van der Waals surface area contributed by atoms with Gasteiger partial charge in [0.2, 0.25) is 0 Å². The van der Waals surface area contributed by atoms with Gasteiger partial charge in [-0.3, -0.25) is 0 Å². The van der Waals surface area contributed by atoms with E-state index in [1.165, 1.54) is 16.6 Å². The Morgan fingerprint density at radius 2 is 1.85 bits per heavy atom. The predicted molar refractivity (Wildman–Crippen MR) is 64.6 cm³/mol. The summed E-state index contributed by atoms with van der Waals surface area (Å²) in [5.74, 6) is 0. The van der Waals surface area contributed by atoms with Gasteiger partial charge in [0, 0.05) is 0 Å². The summed E-state index contributed by atoms with van der Waals surface area (Å²) in [6.07, 6.45) is 7.78. The molecule has 0 saturated carbocycles. The Labute approximate surface area is 83.7 Å². The average molecular weight is 176 g/mol. The Kier molecular flexibility index (Phi) is 6.39. The van der Waals surface area contributed by atoms with Gasteiger partial charge in [-0.15, -0.1) is 0 Å². The Bertz CT molecular complexity index is 228. The lowest BCUT2D eigenvalue weighted by molar-refractivity contribution is 1.13. The highest BCUT2D eigenvalue weighted by atomic mass is 14.0. The molecule has 1 heteroatoms. The molecular weight excluding hydrogens is 155 g/mol. The van der Waals surface area contributed by atoms with Crippen LogP contribution in [0, 0.1) is 0 Å². The monoisotopic (exact) mass is 176 g/mol. The molecule has 0 atom stereocenters. The largest absolute Gasteiger partial charge is 0.154 e. The molecule has 0 fully saturated rings. The molecule has 13 heavy (non-hydrogen) atoms. The zero-order valence-electron chi connectivity index (χ0n) is 9.65. The fourth-order valence-electron chi connectivity index (χ4n) is 1.34. The molecule has 0 rings (SSSR count). The minimum atomic E-state index is 1.12. The predicted octanol–water partition coefficient (Wildman–Crippen LogP) is 3.68. The molecule has 0 N–H and O–H groups in total. The third kappa shape index (κ3) is 4.77. The number of rotatable bonds is 4. The van der Waals surface area contributed by atoms with Crippen LogP contribution in [0.4, 0.5) is 0 Å². The van der Waals surface area contributed by atoms with Crippen molar-refractivity contribution in [3.8, 4) is 0 Å². The smallest absolute Gasteiger partial charge is 0.0934 e. The van der Waals surface area contributed by atoms with Crippen LogP contribution in [0.25, 0.3) is 0 Å². The maximum Gasteiger partial charge on any atom is 0.154 e. The van der Waals surface area contributed by atoms with E-state index in [1.807, 2.05) is 0 Å². The van der Waals surface area contributed by atoms with Crippen molar-refractivity contribution in [2.24, 2.45) is 0 Å². The normalized spacial score (nSPS) is 12.7. The second-order valence-corrected chi connectivity index (χ2v) is 3.46. The SMILES string of the molecule is CBC(=C/C)/C(=C\C=C(C)C)CC. The molecule has 72 valence electrons. The average Bonchev–Trinajstić information content (AvgIpc) is 2.11. The maximum absolute atomic E-state index is 2.24. The summed E-state index contributed by atoms with van der Waals surface area (Å²) in [7, 11) is 1.13. The van der Waals surface area contributed by atoms with E-state index in [0.29, 0.717) is 0 Å². The molecule has 0 aromatic heterocycles. The minimum Gasteiger partial charge on any atom is -0.0934 e. The van der Waals surface area contributed by atoms with E-state index in [-0.39, 0.29) is 0 Å². The summed E-state index contributed by atoms with van der Waals surface area (Å²) < 4.78 is 0. The highest BCUT2D eigenvalue weighted by Gasteiger charge is 1.98. The molecule has 0 unspecified atom stereocenters. The molecule has 0 aliphatic carbocycles. The van der Waals surface area contributed by atoms with Crippen molar-refractivity contribution in [1.82, 2.24) is 0 Å². The first kappa shape index (κ1) is 12.3. The third-order valence-electron chi connectivity index (χ3n) is 2.14. The molecule has 0 heterocycles. The molecule has 0 amide bonds. The minimum absolute atomic E-state index is 1.12. The molecule has 0 aliphatic heterocycles. The van der Waals surface area contributed by atoms with Crippen molar-refractivity contribution in [3.63, 3.8) is 0 Å². The van der Waals surface area contributed by atoms with E-state index in [0.717, 1.165) is 13.7 Å². The lowest BCUT2D eigenvalue weighted by Crippen LogP contribution is -1.94. The summed E-state index contributed by atoms with van der Waals surface area (Å²) >= 11 is 0. The molecule has 0 saturated heterocycles. The van der Waals surface area contributed by atoms with Crippen molar-refractivity contribution >= 4 is 7.28 Å². The van der Waals surface area contributed by atoms with Crippen LogP contribution in [0.15, 0.2) is 34.8 Å². The van der Waals surface area contributed by atoms with Gasteiger partial charge in [-0.25, -0.2) is 0 Å². The fraction of sp³-hybridized carbons (Fsp3) is 0.500. The first-order valence-corrected chi connectivity index (χ1v) is 5.15. The highest BCUT2D eigenvalue weighted by molar-refractivity contribution is 6.45. The van der Waals surface area contributed by atoms with Gasteiger partial charge < -0.3 is 0 Å². The molecule has 0 bridgehead atoms. The lowest BCUT2D eigenvalue weighted by Gasteiger charge is -2.05. The van der Waals surface area contributed by atoms with Crippen LogP contribution in [0.1, 0.15) is 34.1 Å². The van der Waals surface area contributed by atoms with Crippen LogP contribution < -0.4 is 0 Å². The summed E-state index contributed by atoms with van der Waals surface area (Å²) in [5, 5.41) is 0. The van der Waals surface area contributed by atoms with Crippen LogP contribution in [0.2, 0.25) is 6.82 Å². The quantitative estimate of drug-likeness (QED) is 0.452. The molecule has 0 aliphatic rings. The van der Waals surface area contributed by atoms with Crippen molar-refractivity contribution in [2.75, 3.05) is 0 Å². The van der Waals surface area contributed by atoms with Gasteiger partial charge in [0.25, 0.3) is 0 Å². The molecule has 0 radical (unpaired) electrons. The van der Waals surface area contributed by atoms with Crippen molar-refractivity contribution in [1.29, 1.82) is 0 Å². The number of allylic oxidation sites excluding steroid dienone is 6. The fourth-order valence-corrected chi connectivity index (χ4v) is 1.34. The van der Waals surface area contributed by atoms with Crippen molar-refractivity contribution < 1.29 is 0 Å². The Morgan fingerprint density at radius 1 is 1.23 bits per heavy atom. The van der Waals surface area contributed by atoms with Gasteiger partial charge in [-0.05, 0) is 27.2 Å². The van der Waals surface area contributed by atoms with Gasteiger partial charge in [0.05, 0.1) is 0 Å². The topological polar surface area (TPSA) is 0 Å².